The highest BCUT2D eigenvalue weighted by molar-refractivity contribution is 8.00. The zero-order valence-electron chi connectivity index (χ0n) is 26.3. The van der Waals surface area contributed by atoms with Crippen molar-refractivity contribution >= 4 is 64.5 Å². The van der Waals surface area contributed by atoms with Crippen molar-refractivity contribution in [3.05, 3.63) is 112 Å². The molecular weight excluding hydrogens is 658 g/mol. The summed E-state index contributed by atoms with van der Waals surface area (Å²) in [6.45, 7) is 1.68. The molecule has 11 nitrogen and oxygen atoms in total. The largest absolute Gasteiger partial charge is 0.493 e. The fourth-order valence-corrected chi connectivity index (χ4v) is 5.48. The summed E-state index contributed by atoms with van der Waals surface area (Å²) in [4.78, 5) is 51.7. The highest BCUT2D eigenvalue weighted by Crippen LogP contribution is 2.39. The van der Waals surface area contributed by atoms with Gasteiger partial charge in [0.25, 0.3) is 11.8 Å². The second-order valence-electron chi connectivity index (χ2n) is 10.1. The lowest BCUT2D eigenvalue weighted by Gasteiger charge is -2.15. The molecule has 248 valence electrons. The number of aromatic carboxylic acids is 1. The van der Waals surface area contributed by atoms with E-state index in [-0.39, 0.29) is 22.0 Å². The lowest BCUT2D eigenvalue weighted by molar-refractivity contribution is -0.115. The number of hydrogen-bond acceptors (Lipinski definition) is 8. The van der Waals surface area contributed by atoms with Gasteiger partial charge in [-0.15, -0.1) is 11.8 Å². The average Bonchev–Trinajstić information content (AvgIpc) is 3.08. The number of anilines is 2. The Morgan fingerprint density at radius 1 is 0.812 bits per heavy atom. The van der Waals surface area contributed by atoms with Gasteiger partial charge in [-0.2, -0.15) is 0 Å². The Kier molecular flexibility index (Phi) is 12.1. The molecule has 0 radical (unpaired) electrons. The van der Waals surface area contributed by atoms with Crippen LogP contribution in [-0.4, -0.2) is 55.4 Å². The van der Waals surface area contributed by atoms with Gasteiger partial charge in [-0.25, -0.2) is 4.79 Å². The first-order valence-electron chi connectivity index (χ1n) is 14.3. The summed E-state index contributed by atoms with van der Waals surface area (Å²) < 4.78 is 16.3. The summed E-state index contributed by atoms with van der Waals surface area (Å²) in [5, 5.41) is 17.0. The van der Waals surface area contributed by atoms with E-state index < -0.39 is 28.9 Å². The maximum absolute atomic E-state index is 13.7. The Labute approximate surface area is 286 Å². The molecule has 0 fully saturated rings. The van der Waals surface area contributed by atoms with E-state index in [9.17, 15) is 24.3 Å². The van der Waals surface area contributed by atoms with Gasteiger partial charge in [-0.1, -0.05) is 35.9 Å². The van der Waals surface area contributed by atoms with Crippen LogP contribution >= 0.6 is 23.4 Å². The molecule has 0 heterocycles. The first kappa shape index (κ1) is 35.4. The van der Waals surface area contributed by atoms with Gasteiger partial charge in [-0.3, -0.25) is 14.4 Å². The summed E-state index contributed by atoms with van der Waals surface area (Å²) in [6, 6.07) is 22.6. The van der Waals surface area contributed by atoms with Crippen LogP contribution in [-0.2, 0) is 9.59 Å². The van der Waals surface area contributed by atoms with E-state index >= 15 is 0 Å². The fraction of sp³-hybridized carbons (Fsp3) is 0.143. The maximum Gasteiger partial charge on any atom is 0.335 e. The minimum atomic E-state index is -1.15. The average molecular weight is 690 g/mol. The number of carboxylic acid groups (broad SMARTS) is 1. The molecule has 4 aromatic rings. The van der Waals surface area contributed by atoms with Crippen molar-refractivity contribution in [2.24, 2.45) is 0 Å². The molecule has 0 aromatic heterocycles. The molecule has 4 rings (SSSR count). The van der Waals surface area contributed by atoms with Crippen molar-refractivity contribution in [1.29, 1.82) is 0 Å². The first-order valence-corrected chi connectivity index (χ1v) is 15.6. The number of carbonyl (C=O) groups excluding carboxylic acids is 3. The Morgan fingerprint density at radius 2 is 1.50 bits per heavy atom. The van der Waals surface area contributed by atoms with Crippen molar-refractivity contribution in [2.75, 3.05) is 32.0 Å². The molecule has 0 aliphatic carbocycles. The number of halogens is 1. The molecule has 3 amide bonds. The Hall–Kier alpha value is -5.46. The van der Waals surface area contributed by atoms with Crippen molar-refractivity contribution in [1.82, 2.24) is 5.32 Å². The van der Waals surface area contributed by atoms with Gasteiger partial charge in [0.2, 0.25) is 11.7 Å². The maximum atomic E-state index is 13.7. The van der Waals surface area contributed by atoms with Crippen molar-refractivity contribution < 1.29 is 38.5 Å². The van der Waals surface area contributed by atoms with Crippen LogP contribution < -0.4 is 30.2 Å². The Bertz CT molecular complexity index is 1840. The molecule has 1 atom stereocenters. The number of nitrogens with one attached hydrogen (secondary N) is 3. The van der Waals surface area contributed by atoms with Gasteiger partial charge in [0.1, 0.15) is 5.70 Å². The van der Waals surface area contributed by atoms with E-state index in [1.807, 2.05) is 0 Å². The lowest BCUT2D eigenvalue weighted by Crippen LogP contribution is -2.30. The lowest BCUT2D eigenvalue weighted by atomic mass is 10.1. The number of ether oxygens (including phenoxy) is 3. The zero-order chi connectivity index (χ0) is 34.8. The standard InChI is InChI=1S/C35H32ClN3O8S/c1-20(32(40)38-27-18-23(35(43)44)13-14-26(27)36)48-25-12-8-11-24(19-25)37-34(42)28(39-33(41)22-9-6-5-7-10-22)15-21-16-29(45-2)31(47-4)30(17-21)46-3/h5-20H,1-4H3,(H,37,42)(H,38,40)(H,39,41)(H,43,44)/b28-15+. The van der Waals surface area contributed by atoms with Gasteiger partial charge in [-0.05, 0) is 79.2 Å². The van der Waals surface area contributed by atoms with Crippen LogP contribution in [0.3, 0.4) is 0 Å². The smallest absolute Gasteiger partial charge is 0.335 e. The van der Waals surface area contributed by atoms with Gasteiger partial charge in [0.15, 0.2) is 11.5 Å². The molecular formula is C35H32ClN3O8S. The van der Waals surface area contributed by atoms with Crippen molar-refractivity contribution in [3.8, 4) is 17.2 Å². The monoisotopic (exact) mass is 689 g/mol. The van der Waals surface area contributed by atoms with Crippen LogP contribution in [0.2, 0.25) is 5.02 Å². The predicted octanol–water partition coefficient (Wildman–Crippen LogP) is 6.59. The molecule has 13 heteroatoms. The van der Waals surface area contributed by atoms with Crippen LogP contribution in [0, 0.1) is 0 Å². The normalized spacial score (nSPS) is 11.6. The Balaban J connectivity index is 1.56. The number of rotatable bonds is 13. The number of amides is 3. The molecule has 0 saturated carbocycles. The third kappa shape index (κ3) is 9.08. The SMILES string of the molecule is COc1cc(/C=C(/NC(=O)c2ccccc2)C(=O)Nc2cccc(SC(C)C(=O)Nc3cc(C(=O)O)ccc3Cl)c2)cc(OC)c1OC. The number of methoxy groups -OCH3 is 3. The number of hydrogen-bond donors (Lipinski definition) is 4. The summed E-state index contributed by atoms with van der Waals surface area (Å²) in [7, 11) is 4.42. The van der Waals surface area contributed by atoms with Crippen LogP contribution in [0.25, 0.3) is 6.08 Å². The predicted molar refractivity (Wildman–Crippen MR) is 185 cm³/mol. The van der Waals surface area contributed by atoms with Gasteiger partial charge >= 0.3 is 5.97 Å². The van der Waals surface area contributed by atoms with Crippen LogP contribution in [0.5, 0.6) is 17.2 Å². The highest BCUT2D eigenvalue weighted by Gasteiger charge is 2.20. The topological polar surface area (TPSA) is 152 Å². The quantitative estimate of drug-likeness (QED) is 0.0899. The molecule has 1 unspecified atom stereocenters. The van der Waals surface area contributed by atoms with E-state index in [2.05, 4.69) is 16.0 Å². The third-order valence-corrected chi connectivity index (χ3v) is 8.20. The second-order valence-corrected chi connectivity index (χ2v) is 11.9. The van der Waals surface area contributed by atoms with Gasteiger partial charge in [0.05, 0.1) is 42.9 Å². The van der Waals surface area contributed by atoms with Crippen LogP contribution in [0.15, 0.2) is 95.5 Å². The van der Waals surface area contributed by atoms with E-state index in [0.717, 1.165) is 0 Å². The first-order chi connectivity index (χ1) is 23.0. The summed E-state index contributed by atoms with van der Waals surface area (Å²) >= 11 is 7.37. The highest BCUT2D eigenvalue weighted by atomic mass is 35.5. The van der Waals surface area contributed by atoms with E-state index in [1.54, 1.807) is 73.7 Å². The molecule has 0 saturated heterocycles. The Morgan fingerprint density at radius 3 is 2.12 bits per heavy atom. The van der Waals surface area contributed by atoms with E-state index in [1.165, 1.54) is 57.4 Å². The molecule has 4 N–H and O–H groups in total. The fourth-order valence-electron chi connectivity index (χ4n) is 4.39. The number of carbonyl (C=O) groups is 4. The number of benzene rings is 4. The molecule has 4 aromatic carbocycles. The van der Waals surface area contributed by atoms with Gasteiger partial charge < -0.3 is 35.3 Å². The van der Waals surface area contributed by atoms with Crippen molar-refractivity contribution in [3.63, 3.8) is 0 Å². The van der Waals surface area contributed by atoms with Crippen molar-refractivity contribution in [2.45, 2.75) is 17.1 Å². The minimum absolute atomic E-state index is 0.0166. The zero-order valence-corrected chi connectivity index (χ0v) is 27.9. The molecule has 48 heavy (non-hydrogen) atoms. The molecule has 0 aliphatic rings. The van der Waals surface area contributed by atoms with Gasteiger partial charge in [0, 0.05) is 16.1 Å². The second kappa shape index (κ2) is 16.4. The number of thioether (sulfide) groups is 1. The molecule has 0 spiro atoms. The summed E-state index contributed by atoms with van der Waals surface area (Å²) in [5.74, 6) is -1.58. The summed E-state index contributed by atoms with van der Waals surface area (Å²) in [6.07, 6.45) is 1.48. The molecule has 0 aliphatic heterocycles. The summed E-state index contributed by atoms with van der Waals surface area (Å²) in [5.41, 5.74) is 1.34. The van der Waals surface area contributed by atoms with E-state index in [4.69, 9.17) is 25.8 Å². The van der Waals surface area contributed by atoms with Crippen LogP contribution in [0.1, 0.15) is 33.2 Å². The van der Waals surface area contributed by atoms with Crippen LogP contribution in [0.4, 0.5) is 11.4 Å². The third-order valence-electron chi connectivity index (χ3n) is 6.77. The molecule has 0 bridgehead atoms. The minimum Gasteiger partial charge on any atom is -0.493 e. The van der Waals surface area contributed by atoms with E-state index in [0.29, 0.717) is 39.0 Å². The number of carboxylic acids is 1.